The van der Waals surface area contributed by atoms with E-state index in [1.54, 1.807) is 0 Å². The normalized spacial score (nSPS) is 11.8. The van der Waals surface area contributed by atoms with Crippen molar-refractivity contribution in [3.8, 4) is 5.75 Å². The van der Waals surface area contributed by atoms with E-state index in [0.717, 1.165) is 13.2 Å². The number of rotatable bonds is 4. The second kappa shape index (κ2) is 5.63. The van der Waals surface area contributed by atoms with Crippen LogP contribution in [0.1, 0.15) is 10.9 Å². The van der Waals surface area contributed by atoms with Gasteiger partial charge in [0.25, 0.3) is 5.78 Å². The summed E-state index contributed by atoms with van der Waals surface area (Å²) in [4.78, 5) is 22.3. The molecule has 1 unspecified atom stereocenters. The van der Waals surface area contributed by atoms with Crippen molar-refractivity contribution in [1.82, 2.24) is 0 Å². The first kappa shape index (κ1) is 13.4. The van der Waals surface area contributed by atoms with E-state index in [0.29, 0.717) is 0 Å². The summed E-state index contributed by atoms with van der Waals surface area (Å²) < 4.78 is 22.3. The van der Waals surface area contributed by atoms with E-state index in [1.165, 1.54) is 19.2 Å². The van der Waals surface area contributed by atoms with Crippen LogP contribution in [0.3, 0.4) is 0 Å². The molecule has 1 aromatic rings. The molecule has 0 saturated heterocycles. The van der Waals surface area contributed by atoms with Crippen LogP contribution in [0.25, 0.3) is 0 Å². The number of carbonyl (C=O) groups is 2. The average molecular weight is 261 g/mol. The molecule has 4 nitrogen and oxygen atoms in total. The number of benzene rings is 1. The Balaban J connectivity index is 2.97. The average Bonchev–Trinajstić information content (AvgIpc) is 2.35. The standard InChI is InChI=1S/C11H10ClFO4/c1-16-8-4-3-6(5-7(8)13)9(12)10(14)11(15)17-2/h3-5,9H,1-2H3. The molecule has 17 heavy (non-hydrogen) atoms. The highest BCUT2D eigenvalue weighted by Gasteiger charge is 2.26. The third kappa shape index (κ3) is 2.94. The molecule has 0 fully saturated rings. The van der Waals surface area contributed by atoms with Crippen LogP contribution in [0.15, 0.2) is 18.2 Å². The lowest BCUT2D eigenvalue weighted by atomic mass is 10.1. The van der Waals surface area contributed by atoms with Crippen LogP contribution in [0.4, 0.5) is 4.39 Å². The molecule has 0 amide bonds. The fraction of sp³-hybridized carbons (Fsp3) is 0.273. The van der Waals surface area contributed by atoms with Gasteiger partial charge < -0.3 is 9.47 Å². The zero-order valence-electron chi connectivity index (χ0n) is 9.20. The van der Waals surface area contributed by atoms with E-state index < -0.39 is 22.9 Å². The topological polar surface area (TPSA) is 52.6 Å². The first-order valence-corrected chi connectivity index (χ1v) is 5.04. The van der Waals surface area contributed by atoms with Crippen LogP contribution in [-0.2, 0) is 14.3 Å². The number of hydrogen-bond acceptors (Lipinski definition) is 4. The number of methoxy groups -OCH3 is 2. The zero-order valence-corrected chi connectivity index (χ0v) is 9.95. The van der Waals surface area contributed by atoms with Gasteiger partial charge in [-0.15, -0.1) is 11.6 Å². The van der Waals surface area contributed by atoms with Crippen molar-refractivity contribution in [1.29, 1.82) is 0 Å². The van der Waals surface area contributed by atoms with E-state index in [-0.39, 0.29) is 11.3 Å². The summed E-state index contributed by atoms with van der Waals surface area (Å²) in [6.45, 7) is 0. The zero-order chi connectivity index (χ0) is 13.0. The van der Waals surface area contributed by atoms with E-state index >= 15 is 0 Å². The van der Waals surface area contributed by atoms with Gasteiger partial charge in [0.1, 0.15) is 5.38 Å². The Hall–Kier alpha value is -1.62. The lowest BCUT2D eigenvalue weighted by molar-refractivity contribution is -0.151. The third-order valence-electron chi connectivity index (χ3n) is 2.09. The maximum Gasteiger partial charge on any atom is 0.376 e. The molecular weight excluding hydrogens is 251 g/mol. The Kier molecular flexibility index (Phi) is 4.45. The Morgan fingerprint density at radius 1 is 1.35 bits per heavy atom. The van der Waals surface area contributed by atoms with E-state index in [1.807, 2.05) is 0 Å². The van der Waals surface area contributed by atoms with Gasteiger partial charge in [-0.2, -0.15) is 0 Å². The number of ether oxygens (including phenoxy) is 2. The fourth-order valence-electron chi connectivity index (χ4n) is 1.20. The molecule has 1 atom stereocenters. The highest BCUT2D eigenvalue weighted by molar-refractivity contribution is 6.47. The Labute approximate surface area is 102 Å². The summed E-state index contributed by atoms with van der Waals surface area (Å²) in [5.41, 5.74) is 0.167. The maximum atomic E-state index is 13.3. The third-order valence-corrected chi connectivity index (χ3v) is 2.54. The molecule has 0 N–H and O–H groups in total. The van der Waals surface area contributed by atoms with E-state index in [9.17, 15) is 14.0 Å². The van der Waals surface area contributed by atoms with Crippen LogP contribution in [-0.4, -0.2) is 26.0 Å². The number of esters is 1. The molecule has 0 aliphatic rings. The van der Waals surface area contributed by atoms with Crippen molar-refractivity contribution in [2.45, 2.75) is 5.38 Å². The van der Waals surface area contributed by atoms with Gasteiger partial charge in [-0.25, -0.2) is 9.18 Å². The molecule has 6 heteroatoms. The molecule has 1 aromatic carbocycles. The second-order valence-corrected chi connectivity index (χ2v) is 3.55. The molecule has 92 valence electrons. The summed E-state index contributed by atoms with van der Waals surface area (Å²) in [6.07, 6.45) is 0. The van der Waals surface area contributed by atoms with Gasteiger partial charge >= 0.3 is 5.97 Å². The first-order chi connectivity index (χ1) is 8.01. The second-order valence-electron chi connectivity index (χ2n) is 3.11. The Morgan fingerprint density at radius 2 is 2.00 bits per heavy atom. The van der Waals surface area contributed by atoms with Gasteiger partial charge in [0.05, 0.1) is 14.2 Å². The minimum Gasteiger partial charge on any atom is -0.494 e. The van der Waals surface area contributed by atoms with Crippen molar-refractivity contribution in [3.63, 3.8) is 0 Å². The molecule has 0 aliphatic carbocycles. The minimum absolute atomic E-state index is 0.0307. The number of halogens is 2. The van der Waals surface area contributed by atoms with Gasteiger partial charge in [-0.05, 0) is 17.7 Å². The largest absolute Gasteiger partial charge is 0.494 e. The summed E-state index contributed by atoms with van der Waals surface area (Å²) in [5.74, 6) is -2.64. The number of hydrogen-bond donors (Lipinski definition) is 0. The van der Waals surface area contributed by atoms with Crippen LogP contribution >= 0.6 is 11.6 Å². The minimum atomic E-state index is -1.28. The van der Waals surface area contributed by atoms with Crippen LogP contribution < -0.4 is 4.74 Å². The molecule has 0 spiro atoms. The molecule has 1 rings (SSSR count). The maximum absolute atomic E-state index is 13.3. The fourth-order valence-corrected chi connectivity index (χ4v) is 1.42. The van der Waals surface area contributed by atoms with Crippen LogP contribution in [0.2, 0.25) is 0 Å². The summed E-state index contributed by atoms with van der Waals surface area (Å²) in [7, 11) is 2.38. The predicted octanol–water partition coefficient (Wildman–Crippen LogP) is 1.86. The Morgan fingerprint density at radius 3 is 2.47 bits per heavy atom. The monoisotopic (exact) mass is 260 g/mol. The molecule has 0 heterocycles. The van der Waals surface area contributed by atoms with Gasteiger partial charge in [0.15, 0.2) is 11.6 Å². The van der Waals surface area contributed by atoms with Gasteiger partial charge in [-0.3, -0.25) is 4.79 Å². The number of ketones is 1. The summed E-state index contributed by atoms with van der Waals surface area (Å²) >= 11 is 5.74. The smallest absolute Gasteiger partial charge is 0.376 e. The summed E-state index contributed by atoms with van der Waals surface area (Å²) in [5, 5.41) is -1.28. The molecular formula is C11H10ClFO4. The quantitative estimate of drug-likeness (QED) is 0.471. The lowest BCUT2D eigenvalue weighted by Crippen LogP contribution is -2.20. The molecule has 0 saturated carbocycles. The Bertz CT molecular complexity index is 447. The van der Waals surface area contributed by atoms with Crippen molar-refractivity contribution in [2.75, 3.05) is 14.2 Å². The number of Topliss-reactive ketones (excluding diaryl/α,β-unsaturated/α-hetero) is 1. The van der Waals surface area contributed by atoms with Gasteiger partial charge in [0.2, 0.25) is 0 Å². The lowest BCUT2D eigenvalue weighted by Gasteiger charge is -2.09. The highest BCUT2D eigenvalue weighted by atomic mass is 35.5. The number of alkyl halides is 1. The molecule has 0 bridgehead atoms. The van der Waals surface area contributed by atoms with Crippen LogP contribution in [0.5, 0.6) is 5.75 Å². The molecule has 0 radical (unpaired) electrons. The van der Waals surface area contributed by atoms with Gasteiger partial charge in [0, 0.05) is 0 Å². The first-order valence-electron chi connectivity index (χ1n) is 4.61. The SMILES string of the molecule is COC(=O)C(=O)C(Cl)c1ccc(OC)c(F)c1. The van der Waals surface area contributed by atoms with E-state index in [4.69, 9.17) is 16.3 Å². The van der Waals surface area contributed by atoms with Crippen molar-refractivity contribution in [3.05, 3.63) is 29.6 Å². The number of carbonyl (C=O) groups excluding carboxylic acids is 2. The predicted molar refractivity (Wildman–Crippen MR) is 58.6 cm³/mol. The highest BCUT2D eigenvalue weighted by Crippen LogP contribution is 2.26. The molecule has 0 aliphatic heterocycles. The summed E-state index contributed by atoms with van der Waals surface area (Å²) in [6, 6.07) is 3.77. The van der Waals surface area contributed by atoms with E-state index in [2.05, 4.69) is 4.74 Å². The van der Waals surface area contributed by atoms with Crippen molar-refractivity contribution < 1.29 is 23.5 Å². The van der Waals surface area contributed by atoms with Crippen molar-refractivity contribution in [2.24, 2.45) is 0 Å². The molecule has 0 aromatic heterocycles. The van der Waals surface area contributed by atoms with Crippen LogP contribution in [0, 0.1) is 5.82 Å². The van der Waals surface area contributed by atoms with Crippen molar-refractivity contribution >= 4 is 23.4 Å². The van der Waals surface area contributed by atoms with Gasteiger partial charge in [-0.1, -0.05) is 6.07 Å².